The monoisotopic (exact) mass is 661 g/mol. The van der Waals surface area contributed by atoms with Gasteiger partial charge < -0.3 is 20.9 Å². The zero-order valence-corrected chi connectivity index (χ0v) is 29.6. The van der Waals surface area contributed by atoms with E-state index in [0.717, 1.165) is 45.9 Å². The van der Waals surface area contributed by atoms with Gasteiger partial charge in [-0.3, -0.25) is 19.4 Å². The summed E-state index contributed by atoms with van der Waals surface area (Å²) in [4.78, 5) is 49.3. The van der Waals surface area contributed by atoms with E-state index in [2.05, 4.69) is 30.2 Å². The summed E-state index contributed by atoms with van der Waals surface area (Å²) in [5, 5.41) is 5.20. The molecule has 0 aliphatic rings. The summed E-state index contributed by atoms with van der Waals surface area (Å²) in [7, 11) is 3.33. The van der Waals surface area contributed by atoms with Gasteiger partial charge in [-0.05, 0) is 72.2 Å². The first-order valence-electron chi connectivity index (χ1n) is 17.2. The largest absolute Gasteiger partial charge is 0.354 e. The van der Waals surface area contributed by atoms with E-state index in [9.17, 15) is 14.4 Å². The van der Waals surface area contributed by atoms with Crippen LogP contribution in [0.1, 0.15) is 56.7 Å². The molecule has 8 nitrogen and oxygen atoms in total. The van der Waals surface area contributed by atoms with Gasteiger partial charge in [-0.1, -0.05) is 92.2 Å². The van der Waals surface area contributed by atoms with Gasteiger partial charge in [0.15, 0.2) is 0 Å². The molecule has 1 unspecified atom stereocenters. The third-order valence-electron chi connectivity index (χ3n) is 9.60. The minimum atomic E-state index is -0.856. The predicted molar refractivity (Wildman–Crippen MR) is 198 cm³/mol. The Balaban J connectivity index is 1.63. The number of nitrogens with two attached hydrogens (primary N) is 1. The van der Waals surface area contributed by atoms with E-state index in [1.165, 1.54) is 9.80 Å². The molecule has 4 rings (SSSR count). The Morgan fingerprint density at radius 3 is 2.10 bits per heavy atom. The third kappa shape index (κ3) is 10.3. The highest BCUT2D eigenvalue weighted by atomic mass is 16.2. The predicted octanol–water partition coefficient (Wildman–Crippen LogP) is 5.89. The fraction of sp³-hybridized carbons (Fsp3) is 0.366. The van der Waals surface area contributed by atoms with Gasteiger partial charge in [-0.15, -0.1) is 0 Å². The van der Waals surface area contributed by atoms with Crippen molar-refractivity contribution in [1.29, 1.82) is 0 Å². The summed E-state index contributed by atoms with van der Waals surface area (Å²) in [5.41, 5.74) is 9.95. The Kier molecular flexibility index (Phi) is 13.2. The molecular formula is C41H51N5O3. The molecular weight excluding hydrogens is 610 g/mol. The van der Waals surface area contributed by atoms with Crippen LogP contribution in [0.5, 0.6) is 0 Å². The molecule has 258 valence electrons. The zero-order valence-electron chi connectivity index (χ0n) is 29.6. The van der Waals surface area contributed by atoms with E-state index in [1.54, 1.807) is 32.6 Å². The van der Waals surface area contributed by atoms with Crippen molar-refractivity contribution in [2.24, 2.45) is 5.73 Å². The Bertz CT molecular complexity index is 1720. The second-order valence-corrected chi connectivity index (χ2v) is 13.1. The Hall–Kier alpha value is -4.82. The number of aromatic nitrogens is 1. The van der Waals surface area contributed by atoms with Crippen molar-refractivity contribution < 1.29 is 14.4 Å². The smallest absolute Gasteiger partial charge is 0.246 e. The highest BCUT2D eigenvalue weighted by Crippen LogP contribution is 2.23. The first-order valence-corrected chi connectivity index (χ1v) is 17.2. The first kappa shape index (κ1) is 37.0. The molecule has 49 heavy (non-hydrogen) atoms. The SMILES string of the molecule is CCC(N)(CC)C/C(C)=C/C(=O)N(C)[C@H](Cc1ccc2ccccc2c1)C(=O)N(C)C(Cc1ccccc1)C(=O)NCCc1ccncc1. The molecule has 0 aliphatic carbocycles. The van der Waals surface area contributed by atoms with Crippen LogP contribution in [0.15, 0.2) is 109 Å². The molecule has 4 aromatic rings. The molecule has 2 atom stereocenters. The van der Waals surface area contributed by atoms with Gasteiger partial charge >= 0.3 is 0 Å². The third-order valence-corrected chi connectivity index (χ3v) is 9.60. The number of nitrogens with one attached hydrogen (secondary N) is 1. The molecule has 0 fully saturated rings. The summed E-state index contributed by atoms with van der Waals surface area (Å²) >= 11 is 0. The molecule has 0 aliphatic heterocycles. The Labute approximate surface area is 291 Å². The van der Waals surface area contributed by atoms with Crippen LogP contribution in [0.4, 0.5) is 0 Å². The van der Waals surface area contributed by atoms with Crippen molar-refractivity contribution in [1.82, 2.24) is 20.1 Å². The highest BCUT2D eigenvalue weighted by Gasteiger charge is 2.35. The number of benzene rings is 3. The summed E-state index contributed by atoms with van der Waals surface area (Å²) in [6, 6.07) is 26.0. The fourth-order valence-corrected chi connectivity index (χ4v) is 6.18. The molecule has 0 saturated heterocycles. The van der Waals surface area contributed by atoms with E-state index >= 15 is 0 Å². The van der Waals surface area contributed by atoms with Crippen molar-refractivity contribution in [3.05, 3.63) is 126 Å². The molecule has 3 amide bonds. The second-order valence-electron chi connectivity index (χ2n) is 13.1. The standard InChI is InChI=1S/C41H51N5O3/c1-6-41(42,7-2)29-30(3)25-38(47)45(4)37(28-33-17-18-34-15-11-12-16-35(34)26-33)40(49)46(5)36(27-32-13-9-8-10-14-32)39(48)44-24-21-31-19-22-43-23-20-31/h8-20,22-23,25-26,36-37H,6-7,21,24,27-29,42H2,1-5H3,(H,44,48)/b30-25+/t36?,37-/m1/s1. The van der Waals surface area contributed by atoms with Gasteiger partial charge in [-0.25, -0.2) is 0 Å². The zero-order chi connectivity index (χ0) is 35.4. The van der Waals surface area contributed by atoms with Crippen molar-refractivity contribution >= 4 is 28.5 Å². The lowest BCUT2D eigenvalue weighted by Gasteiger charge is -2.34. The molecule has 8 heteroatoms. The molecule has 0 bridgehead atoms. The van der Waals surface area contributed by atoms with Gasteiger partial charge in [0, 0.05) is 57.5 Å². The molecule has 3 N–H and O–H groups in total. The Morgan fingerprint density at radius 1 is 0.796 bits per heavy atom. The van der Waals surface area contributed by atoms with Gasteiger partial charge in [0.05, 0.1) is 0 Å². The number of hydrogen-bond acceptors (Lipinski definition) is 5. The van der Waals surface area contributed by atoms with E-state index in [0.29, 0.717) is 25.8 Å². The average Bonchev–Trinajstić information content (AvgIpc) is 3.12. The van der Waals surface area contributed by atoms with Crippen LogP contribution in [-0.2, 0) is 33.6 Å². The summed E-state index contributed by atoms with van der Waals surface area (Å²) < 4.78 is 0. The lowest BCUT2D eigenvalue weighted by Crippen LogP contribution is -2.56. The van der Waals surface area contributed by atoms with E-state index in [-0.39, 0.29) is 24.1 Å². The maximum atomic E-state index is 14.6. The van der Waals surface area contributed by atoms with E-state index in [1.807, 2.05) is 85.8 Å². The van der Waals surface area contributed by atoms with Gasteiger partial charge in [0.2, 0.25) is 17.7 Å². The maximum absolute atomic E-state index is 14.6. The van der Waals surface area contributed by atoms with E-state index in [4.69, 9.17) is 5.73 Å². The van der Waals surface area contributed by atoms with Crippen LogP contribution in [0.3, 0.4) is 0 Å². The topological polar surface area (TPSA) is 109 Å². The molecule has 0 spiro atoms. The highest BCUT2D eigenvalue weighted by molar-refractivity contribution is 5.95. The van der Waals surface area contributed by atoms with Crippen LogP contribution in [0, 0.1) is 0 Å². The number of rotatable bonds is 16. The van der Waals surface area contributed by atoms with Crippen molar-refractivity contribution in [3.63, 3.8) is 0 Å². The minimum Gasteiger partial charge on any atom is -0.354 e. The van der Waals surface area contributed by atoms with Crippen LogP contribution in [0.25, 0.3) is 10.8 Å². The van der Waals surface area contributed by atoms with Gasteiger partial charge in [0.25, 0.3) is 0 Å². The number of likely N-dealkylation sites (N-methyl/N-ethyl adjacent to an activating group) is 2. The number of amides is 3. The number of carbonyl (C=O) groups excluding carboxylic acids is 3. The van der Waals surface area contributed by atoms with Crippen molar-refractivity contribution in [3.8, 4) is 0 Å². The lowest BCUT2D eigenvalue weighted by molar-refractivity contribution is -0.146. The fourth-order valence-electron chi connectivity index (χ4n) is 6.18. The molecule has 0 radical (unpaired) electrons. The van der Waals surface area contributed by atoms with Crippen molar-refractivity contribution in [2.45, 2.75) is 76.9 Å². The number of fused-ring (bicyclic) bond motifs is 1. The molecule has 3 aromatic carbocycles. The number of carbonyl (C=O) groups is 3. The van der Waals surface area contributed by atoms with Crippen LogP contribution in [-0.4, -0.2) is 70.8 Å². The quantitative estimate of drug-likeness (QED) is 0.146. The summed E-state index contributed by atoms with van der Waals surface area (Å²) in [6.45, 7) is 6.44. The van der Waals surface area contributed by atoms with Crippen LogP contribution in [0.2, 0.25) is 0 Å². The number of nitrogens with zero attached hydrogens (tertiary/aromatic N) is 3. The summed E-state index contributed by atoms with van der Waals surface area (Å²) in [6.07, 6.45) is 8.48. The van der Waals surface area contributed by atoms with Crippen LogP contribution < -0.4 is 11.1 Å². The van der Waals surface area contributed by atoms with E-state index < -0.39 is 17.6 Å². The first-order chi connectivity index (χ1) is 23.5. The Morgan fingerprint density at radius 2 is 1.43 bits per heavy atom. The van der Waals surface area contributed by atoms with Crippen LogP contribution >= 0.6 is 0 Å². The van der Waals surface area contributed by atoms with Crippen molar-refractivity contribution in [2.75, 3.05) is 20.6 Å². The minimum absolute atomic E-state index is 0.249. The van der Waals surface area contributed by atoms with Gasteiger partial charge in [0.1, 0.15) is 12.1 Å². The van der Waals surface area contributed by atoms with Gasteiger partial charge in [-0.2, -0.15) is 0 Å². The molecule has 1 aromatic heterocycles. The lowest BCUT2D eigenvalue weighted by atomic mass is 9.87. The summed E-state index contributed by atoms with van der Waals surface area (Å²) in [5.74, 6) is -0.835. The second kappa shape index (κ2) is 17.5. The maximum Gasteiger partial charge on any atom is 0.246 e. The number of hydrogen-bond donors (Lipinski definition) is 2. The number of pyridine rings is 1. The molecule has 0 saturated carbocycles. The molecule has 1 heterocycles. The normalized spacial score (nSPS) is 13.1. The average molecular weight is 662 g/mol.